The topological polar surface area (TPSA) is 56.1 Å². The van der Waals surface area contributed by atoms with Gasteiger partial charge in [0.15, 0.2) is 0 Å². The number of thiophene rings is 1. The van der Waals surface area contributed by atoms with Crippen LogP contribution in [-0.2, 0) is 0 Å². The van der Waals surface area contributed by atoms with Crippen LogP contribution < -0.4 is 4.90 Å². The molecule has 0 N–H and O–H groups in total. The Morgan fingerprint density at radius 3 is 2.52 bits per heavy atom. The highest BCUT2D eigenvalue weighted by Crippen LogP contribution is 2.42. The van der Waals surface area contributed by atoms with Crippen LogP contribution in [0.3, 0.4) is 0 Å². The number of hydrogen-bond donors (Lipinski definition) is 0. The van der Waals surface area contributed by atoms with Crippen molar-refractivity contribution in [1.82, 2.24) is 0 Å². The van der Waals surface area contributed by atoms with Crippen molar-refractivity contribution in [3.63, 3.8) is 0 Å². The molecule has 0 spiro atoms. The number of nitrogens with zero attached hydrogens (tertiary/aromatic N) is 6. The van der Waals surface area contributed by atoms with E-state index in [4.69, 9.17) is 6.57 Å². The summed E-state index contributed by atoms with van der Waals surface area (Å²) >= 11 is 1.21. The number of azo groups is 1. The lowest BCUT2D eigenvalue weighted by Gasteiger charge is -2.28. The van der Waals surface area contributed by atoms with Gasteiger partial charge in [-0.05, 0) is 50.1 Å². The third kappa shape index (κ3) is 5.87. The van der Waals surface area contributed by atoms with Crippen molar-refractivity contribution < 1.29 is 4.48 Å². The van der Waals surface area contributed by atoms with Crippen molar-refractivity contribution in [3.8, 4) is 6.07 Å². The Balaban J connectivity index is 2.18. The molecule has 0 atom stereocenters. The average molecular weight is 410 g/mol. The van der Waals surface area contributed by atoms with Gasteiger partial charge in [0.25, 0.3) is 0 Å². The lowest BCUT2D eigenvalue weighted by molar-refractivity contribution is -0.870. The number of nitriles is 1. The highest BCUT2D eigenvalue weighted by molar-refractivity contribution is 7.17. The molecule has 0 saturated heterocycles. The Bertz CT molecular complexity index is 969. The minimum atomic E-state index is 0.416. The lowest BCUT2D eigenvalue weighted by atomic mass is 10.1. The van der Waals surface area contributed by atoms with Crippen LogP contribution in [0.15, 0.2) is 28.4 Å². The maximum atomic E-state index is 9.17. The van der Waals surface area contributed by atoms with Crippen molar-refractivity contribution in [3.05, 3.63) is 45.6 Å². The zero-order valence-electron chi connectivity index (χ0n) is 18.2. The Morgan fingerprint density at radius 2 is 1.97 bits per heavy atom. The van der Waals surface area contributed by atoms with Crippen LogP contribution in [0.2, 0.25) is 0 Å². The van der Waals surface area contributed by atoms with Gasteiger partial charge >= 0.3 is 0 Å². The zero-order valence-corrected chi connectivity index (χ0v) is 19.0. The highest BCUT2D eigenvalue weighted by atomic mass is 32.1. The van der Waals surface area contributed by atoms with Gasteiger partial charge in [-0.3, -0.25) is 0 Å². The first kappa shape index (κ1) is 22.5. The van der Waals surface area contributed by atoms with Gasteiger partial charge in [-0.15, -0.1) is 11.3 Å². The maximum Gasteiger partial charge on any atom is 0.229 e. The van der Waals surface area contributed by atoms with E-state index < -0.39 is 0 Å². The summed E-state index contributed by atoms with van der Waals surface area (Å²) in [6, 6.07) is 8.31. The van der Waals surface area contributed by atoms with Gasteiger partial charge < -0.3 is 9.38 Å². The molecule has 6 nitrogen and oxygen atoms in total. The van der Waals surface area contributed by atoms with E-state index >= 15 is 0 Å². The average Bonchev–Trinajstić information content (AvgIpc) is 2.98. The van der Waals surface area contributed by atoms with Gasteiger partial charge in [0.1, 0.15) is 11.1 Å². The van der Waals surface area contributed by atoms with Crippen molar-refractivity contribution in [2.24, 2.45) is 10.2 Å². The second kappa shape index (κ2) is 9.65. The molecular weight excluding hydrogens is 380 g/mol. The van der Waals surface area contributed by atoms with Crippen LogP contribution in [0, 0.1) is 31.8 Å². The number of rotatable bonds is 8. The molecule has 0 amide bonds. The first-order valence-corrected chi connectivity index (χ1v) is 10.5. The predicted molar refractivity (Wildman–Crippen MR) is 121 cm³/mol. The molecule has 0 radical (unpaired) electrons. The molecule has 0 saturated carbocycles. The van der Waals surface area contributed by atoms with E-state index in [1.807, 2.05) is 13.0 Å². The number of anilines is 1. The fraction of sp³-hybridized carbons (Fsp3) is 0.455. The van der Waals surface area contributed by atoms with Gasteiger partial charge in [-0.2, -0.15) is 15.5 Å². The molecule has 0 aliphatic carbocycles. The number of benzene rings is 1. The molecule has 7 heteroatoms. The largest absolute Gasteiger partial charge is 0.372 e. The summed E-state index contributed by atoms with van der Waals surface area (Å²) in [6.45, 7) is 16.4. The van der Waals surface area contributed by atoms with Crippen molar-refractivity contribution >= 4 is 33.4 Å². The summed E-state index contributed by atoms with van der Waals surface area (Å²) in [6.07, 6.45) is 1.14. The van der Waals surface area contributed by atoms with Crippen LogP contribution in [0.1, 0.15) is 29.3 Å². The second-order valence-corrected chi connectivity index (χ2v) is 9.05. The van der Waals surface area contributed by atoms with E-state index in [2.05, 4.69) is 66.2 Å². The van der Waals surface area contributed by atoms with Crippen molar-refractivity contribution in [2.75, 3.05) is 45.7 Å². The molecule has 152 valence electrons. The summed E-state index contributed by atoms with van der Waals surface area (Å²) in [7, 11) is 6.65. The molecule has 1 aromatic heterocycles. The molecule has 0 bridgehead atoms. The van der Waals surface area contributed by atoms with Crippen molar-refractivity contribution in [2.45, 2.75) is 27.2 Å². The van der Waals surface area contributed by atoms with Crippen LogP contribution in [0.5, 0.6) is 0 Å². The summed E-state index contributed by atoms with van der Waals surface area (Å²) < 4.78 is 0.970. The van der Waals surface area contributed by atoms with E-state index in [0.717, 1.165) is 41.8 Å². The van der Waals surface area contributed by atoms with Crippen LogP contribution in [0.25, 0.3) is 4.85 Å². The molecule has 29 heavy (non-hydrogen) atoms. The van der Waals surface area contributed by atoms with Crippen LogP contribution in [-0.4, -0.2) is 45.3 Å². The van der Waals surface area contributed by atoms with Gasteiger partial charge in [0.05, 0.1) is 44.8 Å². The molecule has 2 aromatic rings. The van der Waals surface area contributed by atoms with Gasteiger partial charge in [0, 0.05) is 25.2 Å². The SMILES string of the molecule is [C-]#[N+]c1c(N=Nc2ccc(N(CC)CCC[N+](C)(C)C)cc2C)sc(C#N)c1C. The standard InChI is InChI=1S/C22H29N6S/c1-8-27(12-9-13-28(5,6)7)18-10-11-19(16(2)14-18)25-26-22-21(24-4)17(3)20(15-23)29-22/h10-11,14H,8-9,12-13H2,1-3,5-7H3/q+1. The summed E-state index contributed by atoms with van der Waals surface area (Å²) in [5.74, 6) is 0. The van der Waals surface area contributed by atoms with Gasteiger partial charge in [0.2, 0.25) is 5.69 Å². The maximum absolute atomic E-state index is 9.17. The zero-order chi connectivity index (χ0) is 21.6. The predicted octanol–water partition coefficient (Wildman–Crippen LogP) is 6.13. The molecule has 1 heterocycles. The number of aryl methyl sites for hydroxylation is 1. The third-order valence-electron chi connectivity index (χ3n) is 4.74. The molecule has 1 aromatic carbocycles. The summed E-state index contributed by atoms with van der Waals surface area (Å²) in [4.78, 5) is 6.41. The van der Waals surface area contributed by atoms with Gasteiger partial charge in [-0.25, -0.2) is 4.85 Å². The summed E-state index contributed by atoms with van der Waals surface area (Å²) in [5.41, 5.74) is 4.09. The second-order valence-electron chi connectivity index (χ2n) is 8.05. The molecule has 0 aliphatic heterocycles. The van der Waals surface area contributed by atoms with E-state index in [-0.39, 0.29) is 0 Å². The molecule has 0 unspecified atom stereocenters. The first-order chi connectivity index (χ1) is 13.7. The normalized spacial score (nSPS) is 11.4. The van der Waals surface area contributed by atoms with E-state index in [0.29, 0.717) is 21.1 Å². The van der Waals surface area contributed by atoms with E-state index in [1.54, 1.807) is 6.92 Å². The fourth-order valence-electron chi connectivity index (χ4n) is 3.05. The van der Waals surface area contributed by atoms with Crippen LogP contribution in [0.4, 0.5) is 22.1 Å². The smallest absolute Gasteiger partial charge is 0.229 e. The Labute approximate surface area is 178 Å². The number of quaternary nitrogens is 1. The highest BCUT2D eigenvalue weighted by Gasteiger charge is 2.15. The van der Waals surface area contributed by atoms with Crippen molar-refractivity contribution in [1.29, 1.82) is 5.26 Å². The molecule has 0 fully saturated rings. The molecule has 2 rings (SSSR count). The quantitative estimate of drug-likeness (QED) is 0.299. The monoisotopic (exact) mass is 409 g/mol. The van der Waals surface area contributed by atoms with Crippen LogP contribution >= 0.6 is 11.3 Å². The minimum Gasteiger partial charge on any atom is -0.372 e. The molecule has 0 aliphatic rings. The number of hydrogen-bond acceptors (Lipinski definition) is 5. The first-order valence-electron chi connectivity index (χ1n) is 9.69. The fourth-order valence-corrected chi connectivity index (χ4v) is 3.91. The Hall–Kier alpha value is -2.74. The Morgan fingerprint density at radius 1 is 1.24 bits per heavy atom. The Kier molecular flexibility index (Phi) is 7.50. The van der Waals surface area contributed by atoms with E-state index in [9.17, 15) is 5.26 Å². The van der Waals surface area contributed by atoms with Gasteiger partial charge in [-0.1, -0.05) is 0 Å². The third-order valence-corrected chi connectivity index (χ3v) is 5.81. The van der Waals surface area contributed by atoms with E-state index in [1.165, 1.54) is 17.0 Å². The lowest BCUT2D eigenvalue weighted by Crippen LogP contribution is -2.37. The molecular formula is C22H29N6S+. The minimum absolute atomic E-state index is 0.416. The summed E-state index contributed by atoms with van der Waals surface area (Å²) in [5, 5.41) is 18.3.